The van der Waals surface area contributed by atoms with E-state index in [0.717, 1.165) is 64.2 Å². The molecule has 8 heteroatoms. The number of piperazine rings is 2. The molecule has 0 spiro atoms. The lowest BCUT2D eigenvalue weighted by atomic mass is 9.81. The average molecular weight is 471 g/mol. The molecule has 0 aromatic heterocycles. The summed E-state index contributed by atoms with van der Waals surface area (Å²) in [5, 5.41) is 6.70. The first-order chi connectivity index (χ1) is 16.6. The van der Waals surface area contributed by atoms with E-state index in [1.807, 2.05) is 0 Å². The smallest absolute Gasteiger partial charge is 0.271 e. The number of fused-ring (bicyclic) bond motifs is 14. The number of piperidine rings is 2. The van der Waals surface area contributed by atoms with Crippen molar-refractivity contribution in [2.45, 2.75) is 138 Å². The van der Waals surface area contributed by atoms with Crippen LogP contribution in [-0.4, -0.2) is 69.3 Å². The first-order valence-electron chi connectivity index (χ1n) is 14.2. The van der Waals surface area contributed by atoms with Crippen LogP contribution in [-0.2, 0) is 19.4 Å². The van der Waals surface area contributed by atoms with Crippen molar-refractivity contribution in [2.24, 2.45) is 11.8 Å². The molecule has 2 N–H and O–H groups in total. The molecule has 8 rings (SSSR count). The van der Waals surface area contributed by atoms with Gasteiger partial charge in [-0.25, -0.2) is 9.78 Å². The Bertz CT molecular complexity index is 843. The first kappa shape index (κ1) is 20.9. The second kappa shape index (κ2) is 7.17. The molecule has 0 unspecified atom stereocenters. The Labute approximate surface area is 201 Å². The van der Waals surface area contributed by atoms with Crippen LogP contribution < -0.4 is 10.6 Å². The number of nitrogens with zero attached hydrogens (tertiary/aromatic N) is 2. The summed E-state index contributed by atoms with van der Waals surface area (Å²) in [6, 6.07) is 1.86. The van der Waals surface area contributed by atoms with Crippen molar-refractivity contribution in [3.63, 3.8) is 0 Å². The molecule has 4 aliphatic heterocycles. The highest BCUT2D eigenvalue weighted by atomic mass is 17.2. The van der Waals surface area contributed by atoms with E-state index in [-0.39, 0.29) is 35.7 Å². The number of carbonyl (C=O) groups is 2. The van der Waals surface area contributed by atoms with E-state index in [1.54, 1.807) is 0 Å². The molecule has 8 nitrogen and oxygen atoms in total. The van der Waals surface area contributed by atoms with Crippen LogP contribution in [0.1, 0.15) is 89.9 Å². The van der Waals surface area contributed by atoms with Gasteiger partial charge < -0.3 is 10.6 Å². The van der Waals surface area contributed by atoms with E-state index in [0.29, 0.717) is 24.2 Å². The van der Waals surface area contributed by atoms with Gasteiger partial charge in [0.2, 0.25) is 11.4 Å². The average Bonchev–Trinajstić information content (AvgIpc) is 3.64. The topological polar surface area (TPSA) is 83.1 Å². The largest absolute Gasteiger partial charge is 0.348 e. The van der Waals surface area contributed by atoms with Crippen LogP contribution in [0.3, 0.4) is 0 Å². The van der Waals surface area contributed by atoms with E-state index in [9.17, 15) is 9.59 Å². The van der Waals surface area contributed by atoms with Gasteiger partial charge in [-0.2, -0.15) is 0 Å². The third kappa shape index (κ3) is 2.44. The van der Waals surface area contributed by atoms with Gasteiger partial charge >= 0.3 is 0 Å². The molecule has 8 fully saturated rings. The second-order valence-corrected chi connectivity index (χ2v) is 12.6. The van der Waals surface area contributed by atoms with Gasteiger partial charge in [0.1, 0.15) is 0 Å². The Hall–Kier alpha value is -1.22. The van der Waals surface area contributed by atoms with Crippen LogP contribution >= 0.6 is 0 Å². The zero-order valence-electron chi connectivity index (χ0n) is 20.0. The lowest BCUT2D eigenvalue weighted by molar-refractivity contribution is -0.461. The number of amides is 2. The van der Waals surface area contributed by atoms with Crippen LogP contribution in [0.2, 0.25) is 0 Å². The van der Waals surface area contributed by atoms with E-state index in [1.165, 1.54) is 25.7 Å². The third-order valence-electron chi connectivity index (χ3n) is 11.2. The zero-order valence-corrected chi connectivity index (χ0v) is 20.0. The third-order valence-corrected chi connectivity index (χ3v) is 11.2. The van der Waals surface area contributed by atoms with Gasteiger partial charge in [0.25, 0.3) is 11.8 Å². The Kier molecular flexibility index (Phi) is 4.41. The molecule has 10 atom stereocenters. The Balaban J connectivity index is 1.16. The highest BCUT2D eigenvalue weighted by Gasteiger charge is 2.72. The Morgan fingerprint density at radius 2 is 1.06 bits per heavy atom. The zero-order chi connectivity index (χ0) is 22.7. The van der Waals surface area contributed by atoms with E-state index >= 15 is 0 Å². The summed E-state index contributed by atoms with van der Waals surface area (Å²) in [4.78, 5) is 45.5. The van der Waals surface area contributed by atoms with Gasteiger partial charge in [0.05, 0.1) is 0 Å². The van der Waals surface area contributed by atoms with Crippen LogP contribution in [0.4, 0.5) is 0 Å². The molecule has 34 heavy (non-hydrogen) atoms. The van der Waals surface area contributed by atoms with Crippen LogP contribution in [0, 0.1) is 11.8 Å². The predicted molar refractivity (Wildman–Crippen MR) is 122 cm³/mol. The monoisotopic (exact) mass is 470 g/mol. The highest BCUT2D eigenvalue weighted by molar-refractivity contribution is 5.88. The maximum Gasteiger partial charge on any atom is 0.271 e. The van der Waals surface area contributed by atoms with Crippen molar-refractivity contribution in [3.05, 3.63) is 0 Å². The van der Waals surface area contributed by atoms with E-state index in [2.05, 4.69) is 20.4 Å². The van der Waals surface area contributed by atoms with Crippen molar-refractivity contribution in [3.8, 4) is 0 Å². The molecule has 8 aliphatic rings. The molecular weight excluding hydrogens is 432 g/mol. The summed E-state index contributed by atoms with van der Waals surface area (Å²) in [5.74, 6) is 0.220. The van der Waals surface area contributed by atoms with Gasteiger partial charge in [-0.1, -0.05) is 25.7 Å². The molecule has 4 saturated carbocycles. The highest BCUT2D eigenvalue weighted by Crippen LogP contribution is 2.58. The number of hydrogen-bond acceptors (Lipinski definition) is 6. The molecule has 0 radical (unpaired) electrons. The van der Waals surface area contributed by atoms with Gasteiger partial charge in [0, 0.05) is 48.1 Å². The SMILES string of the molecule is O=C1N[C@@H]2CCCC[C@H]2N2[C@@H]3CC[C@@H](C3)[C@]12OO[C@@]12C(=O)N[C@@H]3CCCC[C@H]3N1[C@@H]1CC[C@H]2C1. The molecule has 4 saturated heterocycles. The summed E-state index contributed by atoms with van der Waals surface area (Å²) < 4.78 is 0. The standard InChI is InChI=1S/C26H38N4O4/c31-23-25(15-9-11-17(13-15)29(25)21-7-3-1-5-19(21)27-23)33-34-26-16-10-12-18(14-16)30(26)22-8-4-2-6-20(22)28-24(26)32/h15-22H,1-14H2,(H,27,31)(H,28,32)/t15-,16-,17+,18+,19+,20+,21+,22+,25-,26-/m0/s1. The van der Waals surface area contributed by atoms with Crippen molar-refractivity contribution >= 4 is 11.8 Å². The fourth-order valence-corrected chi connectivity index (χ4v) is 9.93. The van der Waals surface area contributed by atoms with Crippen molar-refractivity contribution in [1.29, 1.82) is 0 Å². The molecule has 0 aromatic carbocycles. The van der Waals surface area contributed by atoms with Gasteiger partial charge in [0.15, 0.2) is 0 Å². The molecule has 4 aliphatic carbocycles. The minimum Gasteiger partial charge on any atom is -0.348 e. The summed E-state index contributed by atoms with van der Waals surface area (Å²) in [5.41, 5.74) is -2.15. The molecule has 0 aromatic rings. The first-order valence-corrected chi connectivity index (χ1v) is 14.2. The van der Waals surface area contributed by atoms with Gasteiger partial charge in [-0.3, -0.25) is 19.4 Å². The van der Waals surface area contributed by atoms with Crippen LogP contribution in [0.15, 0.2) is 0 Å². The minimum absolute atomic E-state index is 0.0271. The summed E-state index contributed by atoms with van der Waals surface area (Å²) in [6.07, 6.45) is 15.3. The second-order valence-electron chi connectivity index (χ2n) is 12.6. The Morgan fingerprint density at radius 3 is 1.53 bits per heavy atom. The fourth-order valence-electron chi connectivity index (χ4n) is 9.93. The van der Waals surface area contributed by atoms with Gasteiger partial charge in [-0.15, -0.1) is 0 Å². The summed E-state index contributed by atoms with van der Waals surface area (Å²) in [7, 11) is 0. The maximum absolute atomic E-state index is 13.8. The molecular formula is C26H38N4O4. The number of rotatable bonds is 3. The minimum atomic E-state index is -1.08. The quantitative estimate of drug-likeness (QED) is 0.486. The molecule has 4 bridgehead atoms. The summed E-state index contributed by atoms with van der Waals surface area (Å²) >= 11 is 0. The van der Waals surface area contributed by atoms with Crippen LogP contribution in [0.25, 0.3) is 0 Å². The van der Waals surface area contributed by atoms with E-state index < -0.39 is 11.4 Å². The molecule has 4 heterocycles. The number of nitrogens with one attached hydrogen (secondary N) is 2. The summed E-state index contributed by atoms with van der Waals surface area (Å²) in [6.45, 7) is 0. The maximum atomic E-state index is 13.8. The molecule has 186 valence electrons. The van der Waals surface area contributed by atoms with Crippen molar-refractivity contribution in [1.82, 2.24) is 20.4 Å². The normalized spacial score (nSPS) is 53.6. The van der Waals surface area contributed by atoms with E-state index in [4.69, 9.17) is 9.78 Å². The fraction of sp³-hybridized carbons (Fsp3) is 0.923. The van der Waals surface area contributed by atoms with Crippen LogP contribution in [0.5, 0.6) is 0 Å². The molecule has 2 amide bonds. The lowest BCUT2D eigenvalue weighted by Gasteiger charge is -2.58. The predicted octanol–water partition coefficient (Wildman–Crippen LogP) is 2.18. The number of carbonyl (C=O) groups excluding carboxylic acids is 2. The lowest BCUT2D eigenvalue weighted by Crippen LogP contribution is -2.78. The van der Waals surface area contributed by atoms with Gasteiger partial charge in [-0.05, 0) is 64.2 Å². The Morgan fingerprint density at radius 1 is 0.618 bits per heavy atom. The van der Waals surface area contributed by atoms with Crippen molar-refractivity contribution in [2.75, 3.05) is 0 Å². The van der Waals surface area contributed by atoms with Crippen molar-refractivity contribution < 1.29 is 19.4 Å². The number of hydrogen-bond donors (Lipinski definition) is 2.